The predicted octanol–water partition coefficient (Wildman–Crippen LogP) is 2.79. The van der Waals surface area contributed by atoms with Crippen LogP contribution < -0.4 is 5.32 Å². The third-order valence-electron chi connectivity index (χ3n) is 3.34. The first-order valence-corrected chi connectivity index (χ1v) is 8.49. The zero-order chi connectivity index (χ0) is 14.5. The van der Waals surface area contributed by atoms with E-state index in [2.05, 4.69) is 5.32 Å². The van der Waals surface area contributed by atoms with Crippen LogP contribution in [-0.4, -0.2) is 21.9 Å². The van der Waals surface area contributed by atoms with Gasteiger partial charge in [0.25, 0.3) is 0 Å². The topological polar surface area (TPSA) is 46.2 Å². The Kier molecular flexibility index (Phi) is 5.54. The molecular weight excluding hydrogens is 301 g/mol. The summed E-state index contributed by atoms with van der Waals surface area (Å²) in [5.74, 6) is -0.488. The van der Waals surface area contributed by atoms with Gasteiger partial charge in [0.05, 0.1) is 5.75 Å². The summed E-state index contributed by atoms with van der Waals surface area (Å²) >= 11 is 5.87. The molecule has 1 aliphatic carbocycles. The highest BCUT2D eigenvalue weighted by Gasteiger charge is 2.18. The van der Waals surface area contributed by atoms with Gasteiger partial charge in [-0.1, -0.05) is 30.5 Å². The van der Waals surface area contributed by atoms with Crippen molar-refractivity contribution in [2.45, 2.75) is 37.5 Å². The monoisotopic (exact) mass is 317 g/mol. The summed E-state index contributed by atoms with van der Waals surface area (Å²) in [5, 5.41) is 3.14. The molecule has 6 heteroatoms. The Morgan fingerprint density at radius 1 is 1.40 bits per heavy atom. The predicted molar refractivity (Wildman–Crippen MR) is 78.5 cm³/mol. The minimum absolute atomic E-state index is 0.0375. The molecule has 1 fully saturated rings. The lowest BCUT2D eigenvalue weighted by atomic mass is 10.2. The summed E-state index contributed by atoms with van der Waals surface area (Å²) in [6, 6.07) is 4.20. The Balaban J connectivity index is 1.83. The fraction of sp³-hybridized carbons (Fsp3) is 0.500. The van der Waals surface area contributed by atoms with Crippen molar-refractivity contribution in [1.82, 2.24) is 5.32 Å². The lowest BCUT2D eigenvalue weighted by molar-refractivity contribution is -0.119. The maximum Gasteiger partial charge on any atom is 0.232 e. The van der Waals surface area contributed by atoms with Crippen LogP contribution in [0.5, 0.6) is 0 Å². The summed E-state index contributed by atoms with van der Waals surface area (Å²) in [5.41, 5.74) is 0.597. The Morgan fingerprint density at radius 2 is 2.10 bits per heavy atom. The van der Waals surface area contributed by atoms with Crippen LogP contribution in [0.3, 0.4) is 0 Å². The first-order valence-electron chi connectivity index (χ1n) is 6.63. The second-order valence-corrected chi connectivity index (χ2v) is 6.88. The van der Waals surface area contributed by atoms with Gasteiger partial charge in [0.15, 0.2) is 0 Å². The molecule has 0 unspecified atom stereocenters. The molecule has 2 rings (SSSR count). The molecule has 110 valence electrons. The van der Waals surface area contributed by atoms with Gasteiger partial charge in [-0.25, -0.2) is 4.39 Å². The van der Waals surface area contributed by atoms with Gasteiger partial charge in [-0.15, -0.1) is 0 Å². The van der Waals surface area contributed by atoms with Crippen molar-refractivity contribution in [3.63, 3.8) is 0 Å². The van der Waals surface area contributed by atoms with Crippen LogP contribution in [-0.2, 0) is 21.3 Å². The third-order valence-corrected chi connectivity index (χ3v) is 4.91. The lowest BCUT2D eigenvalue weighted by Gasteiger charge is -2.11. The second kappa shape index (κ2) is 7.18. The minimum atomic E-state index is -1.34. The fourth-order valence-electron chi connectivity index (χ4n) is 2.35. The van der Waals surface area contributed by atoms with E-state index < -0.39 is 16.6 Å². The summed E-state index contributed by atoms with van der Waals surface area (Å²) < 4.78 is 24.8. The van der Waals surface area contributed by atoms with Crippen LogP contribution in [0.15, 0.2) is 18.2 Å². The van der Waals surface area contributed by atoms with Crippen LogP contribution in [0.25, 0.3) is 0 Å². The number of halogens is 2. The standard InChI is InChI=1S/C14H17ClFNO2S/c15-13-7-11(16)6-5-10(13)8-20(19)9-14(18)17-12-3-1-2-4-12/h5-7,12H,1-4,8-9H2,(H,17,18)/t20-/m0/s1. The SMILES string of the molecule is O=C(C[S@@](=O)Cc1ccc(F)cc1Cl)NC1CCCC1. The van der Waals surface area contributed by atoms with Gasteiger partial charge in [-0.05, 0) is 30.5 Å². The van der Waals surface area contributed by atoms with Gasteiger partial charge in [0, 0.05) is 21.9 Å². The molecule has 0 aromatic heterocycles. The average molecular weight is 318 g/mol. The van der Waals surface area contributed by atoms with Crippen molar-refractivity contribution in [2.24, 2.45) is 0 Å². The van der Waals surface area contributed by atoms with E-state index in [0.29, 0.717) is 5.56 Å². The molecule has 0 saturated heterocycles. The second-order valence-electron chi connectivity index (χ2n) is 5.01. The Bertz CT molecular complexity index is 518. The Labute approximate surface area is 125 Å². The smallest absolute Gasteiger partial charge is 0.232 e. The number of hydrogen-bond acceptors (Lipinski definition) is 2. The molecule has 3 nitrogen and oxygen atoms in total. The van der Waals surface area contributed by atoms with E-state index in [-0.39, 0.29) is 28.5 Å². The normalized spacial score (nSPS) is 17.1. The molecule has 0 aliphatic heterocycles. The number of hydrogen-bond donors (Lipinski definition) is 1. The first-order chi connectivity index (χ1) is 9.54. The molecule has 1 aromatic carbocycles. The van der Waals surface area contributed by atoms with E-state index in [1.165, 1.54) is 18.2 Å². The fourth-order valence-corrected chi connectivity index (χ4v) is 3.74. The van der Waals surface area contributed by atoms with Crippen LogP contribution in [0.2, 0.25) is 5.02 Å². The minimum Gasteiger partial charge on any atom is -0.353 e. The summed E-state index contributed by atoms with van der Waals surface area (Å²) in [7, 11) is -1.34. The summed E-state index contributed by atoms with van der Waals surface area (Å²) in [6.45, 7) is 0. The van der Waals surface area contributed by atoms with Crippen molar-refractivity contribution >= 4 is 28.3 Å². The molecule has 0 bridgehead atoms. The van der Waals surface area contributed by atoms with Gasteiger partial charge in [0.2, 0.25) is 5.91 Å². The average Bonchev–Trinajstić information content (AvgIpc) is 2.85. The first kappa shape index (κ1) is 15.4. The zero-order valence-corrected chi connectivity index (χ0v) is 12.6. The molecule has 1 saturated carbocycles. The number of benzene rings is 1. The highest BCUT2D eigenvalue weighted by molar-refractivity contribution is 7.84. The maximum atomic E-state index is 12.9. The van der Waals surface area contributed by atoms with E-state index in [1.54, 1.807) is 0 Å². The molecular formula is C14H17ClFNO2S. The van der Waals surface area contributed by atoms with Gasteiger partial charge in [-0.3, -0.25) is 9.00 Å². The van der Waals surface area contributed by atoms with Gasteiger partial charge in [0.1, 0.15) is 11.6 Å². The van der Waals surface area contributed by atoms with Crippen molar-refractivity contribution in [3.8, 4) is 0 Å². The molecule has 20 heavy (non-hydrogen) atoms. The maximum absolute atomic E-state index is 12.9. The van der Waals surface area contributed by atoms with Crippen LogP contribution in [0.4, 0.5) is 4.39 Å². The molecule has 1 aliphatic rings. The molecule has 0 radical (unpaired) electrons. The highest BCUT2D eigenvalue weighted by atomic mass is 35.5. The van der Waals surface area contributed by atoms with Crippen LogP contribution in [0, 0.1) is 5.82 Å². The van der Waals surface area contributed by atoms with Crippen molar-refractivity contribution in [1.29, 1.82) is 0 Å². The van der Waals surface area contributed by atoms with E-state index in [0.717, 1.165) is 25.7 Å². The number of amides is 1. The van der Waals surface area contributed by atoms with E-state index in [9.17, 15) is 13.4 Å². The molecule has 0 spiro atoms. The largest absolute Gasteiger partial charge is 0.353 e. The van der Waals surface area contributed by atoms with E-state index >= 15 is 0 Å². The van der Waals surface area contributed by atoms with Crippen molar-refractivity contribution in [3.05, 3.63) is 34.6 Å². The Hall–Kier alpha value is -0.940. The number of rotatable bonds is 5. The molecule has 1 aromatic rings. The Morgan fingerprint density at radius 3 is 2.75 bits per heavy atom. The molecule has 1 N–H and O–H groups in total. The number of carbonyl (C=O) groups excluding carboxylic acids is 1. The van der Waals surface area contributed by atoms with Crippen LogP contribution >= 0.6 is 11.6 Å². The zero-order valence-electron chi connectivity index (χ0n) is 11.0. The van der Waals surface area contributed by atoms with Crippen molar-refractivity contribution < 1.29 is 13.4 Å². The van der Waals surface area contributed by atoms with Gasteiger partial charge < -0.3 is 5.32 Å². The highest BCUT2D eigenvalue weighted by Crippen LogP contribution is 2.19. The summed E-state index contributed by atoms with van der Waals surface area (Å²) in [6.07, 6.45) is 4.28. The molecule has 0 heterocycles. The lowest BCUT2D eigenvalue weighted by Crippen LogP contribution is -2.35. The molecule has 1 atom stereocenters. The van der Waals surface area contributed by atoms with Crippen molar-refractivity contribution in [2.75, 3.05) is 5.75 Å². The van der Waals surface area contributed by atoms with Crippen LogP contribution in [0.1, 0.15) is 31.2 Å². The van der Waals surface area contributed by atoms with E-state index in [1.807, 2.05) is 0 Å². The number of nitrogens with one attached hydrogen (secondary N) is 1. The molecule has 1 amide bonds. The number of carbonyl (C=O) groups is 1. The van der Waals surface area contributed by atoms with Gasteiger partial charge in [-0.2, -0.15) is 0 Å². The van der Waals surface area contributed by atoms with Gasteiger partial charge >= 0.3 is 0 Å². The third kappa shape index (κ3) is 4.56. The quantitative estimate of drug-likeness (QED) is 0.907. The summed E-state index contributed by atoms with van der Waals surface area (Å²) in [4.78, 5) is 11.7. The van der Waals surface area contributed by atoms with E-state index in [4.69, 9.17) is 11.6 Å².